The number of carbonyl (C=O) groups excluding carboxylic acids is 5. The van der Waals surface area contributed by atoms with Gasteiger partial charge < -0.3 is 31.1 Å². The minimum absolute atomic E-state index is 0.0720. The van der Waals surface area contributed by atoms with E-state index in [1.165, 1.54) is 24.3 Å². The normalized spacial score (nSPS) is 18.4. The van der Waals surface area contributed by atoms with Crippen LogP contribution in [0.15, 0.2) is 66.7 Å². The molecule has 2 heterocycles. The number of alkyl halides is 4. The largest absolute Gasteiger partial charge is 0.477 e. The second-order valence-corrected chi connectivity index (χ2v) is 17.9. The van der Waals surface area contributed by atoms with E-state index in [9.17, 15) is 46.3 Å². The smallest absolute Gasteiger partial charge is 0.411 e. The molecule has 66 heavy (non-hydrogen) atoms. The van der Waals surface area contributed by atoms with E-state index in [0.29, 0.717) is 50.8 Å². The summed E-state index contributed by atoms with van der Waals surface area (Å²) in [5, 5.41) is 25.0. The number of anilines is 1. The fourth-order valence-corrected chi connectivity index (χ4v) is 8.04. The summed E-state index contributed by atoms with van der Waals surface area (Å²) in [6.07, 6.45) is 3.52. The number of aromatic nitrogens is 3. The lowest BCUT2D eigenvalue weighted by Crippen LogP contribution is -2.50. The number of aromatic amines is 1. The average Bonchev–Trinajstić information content (AvgIpc) is 3.78. The maximum Gasteiger partial charge on any atom is 0.411 e. The van der Waals surface area contributed by atoms with Crippen LogP contribution in [0, 0.1) is 24.7 Å². The van der Waals surface area contributed by atoms with E-state index in [1.54, 1.807) is 38.0 Å². The van der Waals surface area contributed by atoms with Gasteiger partial charge in [0.1, 0.15) is 17.4 Å². The molecule has 2 aliphatic rings. The molecule has 4 amide bonds. The number of carbonyl (C=O) groups is 6. The number of alkyl carbamates (subject to hydrolysis) is 1. The summed E-state index contributed by atoms with van der Waals surface area (Å²) in [6.45, 7) is 8.21. The molecule has 3 aromatic carbocycles. The lowest BCUT2D eigenvalue weighted by atomic mass is 9.77. The van der Waals surface area contributed by atoms with E-state index in [1.807, 2.05) is 37.3 Å². The van der Waals surface area contributed by atoms with Crippen LogP contribution < -0.4 is 21.3 Å². The van der Waals surface area contributed by atoms with E-state index in [4.69, 9.17) is 9.84 Å². The average molecular weight is 920 g/mol. The third-order valence-corrected chi connectivity index (χ3v) is 11.7. The maximum atomic E-state index is 14.3. The van der Waals surface area contributed by atoms with Crippen molar-refractivity contribution in [2.75, 3.05) is 18.4 Å². The molecule has 1 saturated carbocycles. The van der Waals surface area contributed by atoms with Crippen LogP contribution in [0.2, 0.25) is 0 Å². The molecule has 4 aromatic rings. The van der Waals surface area contributed by atoms with Crippen molar-refractivity contribution in [1.29, 1.82) is 0 Å². The molecular formula is C47H53F4N7O8. The Morgan fingerprint density at radius 3 is 2.18 bits per heavy atom. The van der Waals surface area contributed by atoms with Crippen molar-refractivity contribution in [3.63, 3.8) is 0 Å². The van der Waals surface area contributed by atoms with E-state index >= 15 is 0 Å². The van der Waals surface area contributed by atoms with Crippen LogP contribution in [-0.4, -0.2) is 86.5 Å². The zero-order chi connectivity index (χ0) is 48.0. The monoisotopic (exact) mass is 919 g/mol. The van der Waals surface area contributed by atoms with Gasteiger partial charge in [0, 0.05) is 48.2 Å². The molecule has 0 spiro atoms. The van der Waals surface area contributed by atoms with Gasteiger partial charge in [-0.15, -0.1) is 0 Å². The van der Waals surface area contributed by atoms with Gasteiger partial charge in [-0.3, -0.25) is 24.3 Å². The molecule has 0 bridgehead atoms. The van der Waals surface area contributed by atoms with Crippen LogP contribution in [0.3, 0.4) is 0 Å². The molecule has 0 radical (unpaired) electrons. The standard InChI is InChI=1S/C47H53F4N7O8/c1-26-22-32(39(60)55-36-6-5-21-52-41(36)62)17-20-35(26)29-11-7-27(8-12-29)23-33(24-37(59)30-13-9-28(10-14-30)25-53-44(65)66-45(2,3)4)40(61)54-34-18-15-31(16-19-34)38-56-42(58-57-38)46(48,49)47(50,51)43(63)64/h7-8,11-12,15-20,22,28,30,33,36H,5-6,9-10,13-14,21,23-25H2,1-4H3,(H,52,62)(H,53,65)(H,54,61)(H,55,60)(H,63,64)(H,56,57,58)/t28?,30?,33-,36-/m1/s1. The highest BCUT2D eigenvalue weighted by atomic mass is 19.3. The number of nitrogens with one attached hydrogen (secondary N) is 5. The Balaban J connectivity index is 1.14. The Bertz CT molecular complexity index is 2430. The van der Waals surface area contributed by atoms with Crippen LogP contribution in [0.1, 0.15) is 93.0 Å². The lowest BCUT2D eigenvalue weighted by Gasteiger charge is -2.29. The number of carboxylic acids is 1. The molecule has 19 heteroatoms. The number of piperidine rings is 1. The minimum Gasteiger partial charge on any atom is -0.477 e. The summed E-state index contributed by atoms with van der Waals surface area (Å²) < 4.78 is 61.5. The van der Waals surface area contributed by atoms with Crippen LogP contribution in [0.5, 0.6) is 0 Å². The van der Waals surface area contributed by atoms with Crippen molar-refractivity contribution in [1.82, 2.24) is 31.1 Å². The molecule has 1 aliphatic heterocycles. The number of amides is 4. The highest BCUT2D eigenvalue weighted by molar-refractivity contribution is 5.98. The maximum absolute atomic E-state index is 14.3. The van der Waals surface area contributed by atoms with Crippen molar-refractivity contribution >= 4 is 41.3 Å². The van der Waals surface area contributed by atoms with E-state index in [2.05, 4.69) is 31.3 Å². The first-order chi connectivity index (χ1) is 31.1. The number of hydrogen-bond donors (Lipinski definition) is 6. The molecule has 6 rings (SSSR count). The van der Waals surface area contributed by atoms with Crippen LogP contribution >= 0.6 is 0 Å². The van der Waals surface area contributed by atoms with E-state index < -0.39 is 59.0 Å². The number of aryl methyl sites for hydroxylation is 1. The van der Waals surface area contributed by atoms with Gasteiger partial charge in [-0.2, -0.15) is 22.7 Å². The highest BCUT2D eigenvalue weighted by Crippen LogP contribution is 2.42. The van der Waals surface area contributed by atoms with Crippen molar-refractivity contribution in [3.05, 3.63) is 89.2 Å². The predicted octanol–water partition coefficient (Wildman–Crippen LogP) is 7.35. The highest BCUT2D eigenvalue weighted by Gasteiger charge is 2.65. The van der Waals surface area contributed by atoms with Gasteiger partial charge in [0.15, 0.2) is 5.82 Å². The van der Waals surface area contributed by atoms with Gasteiger partial charge in [-0.25, -0.2) is 14.6 Å². The van der Waals surface area contributed by atoms with Crippen LogP contribution in [-0.2, 0) is 36.3 Å². The number of Topliss-reactive ketones (excluding diaryl/α,β-unsaturated/α-hetero) is 1. The SMILES string of the molecule is Cc1cc(C(=O)N[C@@H]2CCCNC2=O)ccc1-c1ccc(C[C@H](CC(=O)C2CCC(CNC(=O)OC(C)(C)C)CC2)C(=O)Nc2ccc(-c3n[nH]c(C(F)(F)C(F)(F)C(=O)O)n3)cc2)cc1. The van der Waals surface area contributed by atoms with Crippen molar-refractivity contribution in [2.45, 2.75) is 103 Å². The predicted molar refractivity (Wildman–Crippen MR) is 234 cm³/mol. The lowest BCUT2D eigenvalue weighted by molar-refractivity contribution is -0.231. The first-order valence-electron chi connectivity index (χ1n) is 21.7. The van der Waals surface area contributed by atoms with Gasteiger partial charge in [0.25, 0.3) is 5.91 Å². The Morgan fingerprint density at radius 2 is 1.56 bits per heavy atom. The third kappa shape index (κ3) is 12.0. The Labute approximate surface area is 378 Å². The third-order valence-electron chi connectivity index (χ3n) is 11.7. The molecule has 2 fully saturated rings. The van der Waals surface area contributed by atoms with Crippen molar-refractivity contribution in [3.8, 4) is 22.5 Å². The molecule has 15 nitrogen and oxygen atoms in total. The summed E-state index contributed by atoms with van der Waals surface area (Å²) >= 11 is 0. The van der Waals surface area contributed by atoms with Gasteiger partial charge in [-0.05, 0) is 137 Å². The van der Waals surface area contributed by atoms with Crippen LogP contribution in [0.25, 0.3) is 22.5 Å². The first-order valence-corrected chi connectivity index (χ1v) is 21.7. The number of benzene rings is 3. The Hall–Kier alpha value is -6.66. The molecule has 1 saturated heterocycles. The number of nitrogens with zero attached hydrogens (tertiary/aromatic N) is 2. The summed E-state index contributed by atoms with van der Waals surface area (Å²) in [4.78, 5) is 79.4. The quantitative estimate of drug-likeness (QED) is 0.0613. The molecule has 2 atom stereocenters. The van der Waals surface area contributed by atoms with Gasteiger partial charge in [-0.1, -0.05) is 30.3 Å². The zero-order valence-electron chi connectivity index (χ0n) is 36.9. The number of ketones is 1. The summed E-state index contributed by atoms with van der Waals surface area (Å²) in [5.74, 6) is -17.8. The summed E-state index contributed by atoms with van der Waals surface area (Å²) in [7, 11) is 0. The van der Waals surface area contributed by atoms with Gasteiger partial charge in [0.05, 0.1) is 0 Å². The minimum atomic E-state index is -5.46. The number of H-pyrrole nitrogens is 1. The molecule has 1 aliphatic carbocycles. The summed E-state index contributed by atoms with van der Waals surface area (Å²) in [5.41, 5.74) is 3.46. The number of hydrogen-bond acceptors (Lipinski definition) is 9. The number of ether oxygens (including phenoxy) is 1. The molecule has 6 N–H and O–H groups in total. The first kappa shape index (κ1) is 48.8. The fourth-order valence-electron chi connectivity index (χ4n) is 8.04. The molecule has 352 valence electrons. The van der Waals surface area contributed by atoms with E-state index in [0.717, 1.165) is 28.7 Å². The zero-order valence-corrected chi connectivity index (χ0v) is 36.9. The summed E-state index contributed by atoms with van der Waals surface area (Å²) in [6, 6.07) is 17.7. The molecule has 1 aromatic heterocycles. The van der Waals surface area contributed by atoms with Crippen molar-refractivity contribution < 1.29 is 56.2 Å². The molecular weight excluding hydrogens is 867 g/mol. The van der Waals surface area contributed by atoms with Crippen molar-refractivity contribution in [2.24, 2.45) is 17.8 Å². The fraction of sp³-hybridized carbons (Fsp3) is 0.447. The Kier molecular flexibility index (Phi) is 15.0. The van der Waals surface area contributed by atoms with E-state index in [-0.39, 0.29) is 53.5 Å². The second kappa shape index (κ2) is 20.2. The Morgan fingerprint density at radius 1 is 0.894 bits per heavy atom. The second-order valence-electron chi connectivity index (χ2n) is 17.9. The van der Waals surface area contributed by atoms with Crippen LogP contribution in [0.4, 0.5) is 28.0 Å². The topological polar surface area (TPSA) is 222 Å². The number of halogens is 4. The van der Waals surface area contributed by atoms with Gasteiger partial charge >= 0.3 is 23.9 Å². The number of carboxylic acid groups (broad SMARTS) is 1. The number of rotatable bonds is 16. The molecule has 0 unspecified atom stereocenters. The van der Waals surface area contributed by atoms with Gasteiger partial charge in [0.2, 0.25) is 17.6 Å². The number of aliphatic carboxylic acids is 1.